The minimum Gasteiger partial charge on any atom is -0.0654 e. The van der Waals surface area contributed by atoms with Crippen molar-refractivity contribution in [2.75, 3.05) is 0 Å². The van der Waals surface area contributed by atoms with Crippen LogP contribution in [0, 0.1) is 10.5 Å². The summed E-state index contributed by atoms with van der Waals surface area (Å²) in [5.41, 5.74) is 1.57. The molecule has 0 aliphatic rings. The van der Waals surface area contributed by atoms with E-state index in [9.17, 15) is 0 Å². The van der Waals surface area contributed by atoms with Gasteiger partial charge in [0.2, 0.25) is 0 Å². The molecule has 0 fully saturated rings. The average molecular weight is 455 g/mol. The number of unbranched alkanes of at least 4 members (excludes halogenated alkanes) is 11. The van der Waals surface area contributed by atoms with Crippen molar-refractivity contribution in [3.05, 3.63) is 40.3 Å². The lowest BCUT2D eigenvalue weighted by Crippen LogP contribution is -2.00. The van der Waals surface area contributed by atoms with Crippen LogP contribution in [0.5, 0.6) is 0 Å². The lowest BCUT2D eigenvalue weighted by Gasteiger charge is -2.18. The Bertz CT molecular complexity index is 395. The molecule has 1 atom stereocenters. The summed E-state index contributed by atoms with van der Waals surface area (Å²) in [6.45, 7) is 6.25. The van der Waals surface area contributed by atoms with Crippen molar-refractivity contribution in [3.63, 3.8) is 0 Å². The van der Waals surface area contributed by atoms with Crippen LogP contribution in [0.15, 0.2) is 24.3 Å². The van der Waals surface area contributed by atoms with Crippen LogP contribution < -0.4 is 0 Å². The highest BCUT2D eigenvalue weighted by atomic mass is 127. The van der Waals surface area contributed by atoms with Crippen LogP contribution in [-0.4, -0.2) is 0 Å². The van der Waals surface area contributed by atoms with Crippen LogP contribution in [0.1, 0.15) is 115 Å². The molecule has 0 aliphatic heterocycles. The molecule has 0 nitrogen and oxygen atoms in total. The third kappa shape index (κ3) is 12.0. The van der Waals surface area contributed by atoms with Gasteiger partial charge in [0.25, 0.3) is 0 Å². The van der Waals surface area contributed by atoms with Gasteiger partial charge in [-0.3, -0.25) is 0 Å². The van der Waals surface area contributed by atoms with E-state index in [1.807, 2.05) is 0 Å². The molecule has 1 unspecified atom stereocenters. The molecule has 0 aromatic heterocycles. The predicted octanol–water partition coefficient (Wildman–Crippen LogP) is 9.08. The van der Waals surface area contributed by atoms with E-state index >= 15 is 0 Å². The Balaban J connectivity index is 2.29. The van der Waals surface area contributed by atoms with Gasteiger partial charge >= 0.3 is 0 Å². The predicted molar refractivity (Wildman–Crippen MR) is 122 cm³/mol. The van der Waals surface area contributed by atoms with E-state index < -0.39 is 0 Å². The minimum absolute atomic E-state index is 0.775. The fourth-order valence-electron chi connectivity index (χ4n) is 3.66. The topological polar surface area (TPSA) is 0 Å². The molecule has 0 spiro atoms. The Labute approximate surface area is 171 Å². The van der Waals surface area contributed by atoms with Gasteiger partial charge in [-0.05, 0) is 59.0 Å². The third-order valence-electron chi connectivity index (χ3n) is 5.30. The quantitative estimate of drug-likeness (QED) is 0.172. The molecule has 25 heavy (non-hydrogen) atoms. The first-order valence-electron chi connectivity index (χ1n) is 10.8. The highest BCUT2D eigenvalue weighted by molar-refractivity contribution is 14.1. The molecular weight excluding hydrogens is 415 g/mol. The summed E-state index contributed by atoms with van der Waals surface area (Å²) >= 11 is 2.41. The number of halogens is 1. The molecule has 0 saturated heterocycles. The maximum absolute atomic E-state index is 3.95. The van der Waals surface area contributed by atoms with E-state index in [2.05, 4.69) is 60.7 Å². The zero-order valence-corrected chi connectivity index (χ0v) is 18.7. The van der Waals surface area contributed by atoms with Crippen molar-refractivity contribution in [1.82, 2.24) is 0 Å². The van der Waals surface area contributed by atoms with Crippen molar-refractivity contribution < 1.29 is 0 Å². The highest BCUT2D eigenvalue weighted by Gasteiger charge is 2.11. The van der Waals surface area contributed by atoms with E-state index in [0.29, 0.717) is 0 Å². The van der Waals surface area contributed by atoms with Gasteiger partial charge < -0.3 is 0 Å². The van der Waals surface area contributed by atoms with Crippen molar-refractivity contribution >= 4 is 22.6 Å². The summed E-state index contributed by atoms with van der Waals surface area (Å²) in [6.07, 6.45) is 20.6. The smallest absolute Gasteiger partial charge is 0.0130 e. The van der Waals surface area contributed by atoms with Crippen LogP contribution >= 0.6 is 22.6 Å². The SMILES string of the molecule is [CH2]CCCCCCC(CCCCCCCCCC)c1ccc(I)cc1. The maximum Gasteiger partial charge on any atom is 0.0130 e. The van der Waals surface area contributed by atoms with Crippen molar-refractivity contribution in [3.8, 4) is 0 Å². The fraction of sp³-hybridized carbons (Fsp3) is 0.708. The van der Waals surface area contributed by atoms with Crippen molar-refractivity contribution in [1.29, 1.82) is 0 Å². The largest absolute Gasteiger partial charge is 0.0654 e. The summed E-state index contributed by atoms with van der Waals surface area (Å²) in [6, 6.07) is 9.29. The summed E-state index contributed by atoms with van der Waals surface area (Å²) in [7, 11) is 0. The van der Waals surface area contributed by atoms with Crippen LogP contribution in [-0.2, 0) is 0 Å². The molecule has 1 aromatic rings. The van der Waals surface area contributed by atoms with Gasteiger partial charge in [-0.1, -0.05) is 109 Å². The summed E-state index contributed by atoms with van der Waals surface area (Å²) in [4.78, 5) is 0. The third-order valence-corrected chi connectivity index (χ3v) is 6.02. The lowest BCUT2D eigenvalue weighted by atomic mass is 9.88. The van der Waals surface area contributed by atoms with Crippen LogP contribution in [0.25, 0.3) is 0 Å². The van der Waals surface area contributed by atoms with Gasteiger partial charge in [-0.15, -0.1) is 0 Å². The number of hydrogen-bond acceptors (Lipinski definition) is 0. The van der Waals surface area contributed by atoms with Gasteiger partial charge in [0.05, 0.1) is 0 Å². The minimum atomic E-state index is 0.775. The van der Waals surface area contributed by atoms with E-state index in [1.54, 1.807) is 5.56 Å². The molecule has 143 valence electrons. The first-order valence-corrected chi connectivity index (χ1v) is 11.9. The molecule has 1 heteroatoms. The molecule has 0 bridgehead atoms. The van der Waals surface area contributed by atoms with Crippen LogP contribution in [0.4, 0.5) is 0 Å². The lowest BCUT2D eigenvalue weighted by molar-refractivity contribution is 0.487. The van der Waals surface area contributed by atoms with Gasteiger partial charge in [0.1, 0.15) is 0 Å². The number of rotatable bonds is 16. The van der Waals surface area contributed by atoms with Crippen LogP contribution in [0.3, 0.4) is 0 Å². The molecule has 0 N–H and O–H groups in total. The molecule has 0 saturated carbocycles. The van der Waals surface area contributed by atoms with Crippen molar-refractivity contribution in [2.24, 2.45) is 0 Å². The second kappa shape index (κ2) is 16.1. The van der Waals surface area contributed by atoms with E-state index in [0.717, 1.165) is 12.3 Å². The molecule has 1 aromatic carbocycles. The zero-order chi connectivity index (χ0) is 18.2. The Kier molecular flexibility index (Phi) is 14.8. The van der Waals surface area contributed by atoms with E-state index in [-0.39, 0.29) is 0 Å². The second-order valence-electron chi connectivity index (χ2n) is 7.57. The highest BCUT2D eigenvalue weighted by Crippen LogP contribution is 2.29. The Morgan fingerprint density at radius 1 is 0.720 bits per heavy atom. The average Bonchev–Trinajstić information content (AvgIpc) is 2.63. The molecule has 0 aliphatic carbocycles. The molecule has 0 amide bonds. The summed E-state index contributed by atoms with van der Waals surface area (Å²) in [5.74, 6) is 0.775. The summed E-state index contributed by atoms with van der Waals surface area (Å²) in [5, 5.41) is 0. The Morgan fingerprint density at radius 2 is 1.20 bits per heavy atom. The first kappa shape index (κ1) is 23.0. The van der Waals surface area contributed by atoms with Gasteiger partial charge in [0.15, 0.2) is 0 Å². The second-order valence-corrected chi connectivity index (χ2v) is 8.81. The normalized spacial score (nSPS) is 12.4. The Morgan fingerprint density at radius 3 is 1.72 bits per heavy atom. The molecular formula is C24H40I. The van der Waals surface area contributed by atoms with E-state index in [1.165, 1.54) is 93.5 Å². The first-order chi connectivity index (χ1) is 12.3. The van der Waals surface area contributed by atoms with Gasteiger partial charge in [0, 0.05) is 3.57 Å². The number of hydrogen-bond donors (Lipinski definition) is 0. The van der Waals surface area contributed by atoms with Gasteiger partial charge in [-0.25, -0.2) is 0 Å². The standard InChI is InChI=1S/C24H40I/c1-3-5-7-9-10-11-13-15-17-22(16-14-12-8-6-4-2)23-18-20-24(25)21-19-23/h18-22H,2-17H2,1H3. The van der Waals surface area contributed by atoms with Crippen LogP contribution in [0.2, 0.25) is 0 Å². The Hall–Kier alpha value is -0.0500. The molecule has 0 heterocycles. The maximum atomic E-state index is 3.95. The monoisotopic (exact) mass is 455 g/mol. The molecule has 1 rings (SSSR count). The van der Waals surface area contributed by atoms with Gasteiger partial charge in [-0.2, -0.15) is 0 Å². The van der Waals surface area contributed by atoms with E-state index in [4.69, 9.17) is 0 Å². The summed E-state index contributed by atoms with van der Waals surface area (Å²) < 4.78 is 1.35. The van der Waals surface area contributed by atoms with Crippen molar-refractivity contribution in [2.45, 2.75) is 109 Å². The zero-order valence-electron chi connectivity index (χ0n) is 16.6. The fourth-order valence-corrected chi connectivity index (χ4v) is 4.02. The number of benzene rings is 1. The molecule has 1 radical (unpaired) electrons.